The molecule has 4 rings (SSSR count). The Morgan fingerprint density at radius 3 is 2.64 bits per heavy atom. The Hall–Kier alpha value is -3.19. The number of aryl methyl sites for hydroxylation is 1. The first-order valence-electron chi connectivity index (χ1n) is 7.83. The van der Waals surface area contributed by atoms with Crippen LogP contribution in [-0.4, -0.2) is 24.8 Å². The first-order valence-corrected chi connectivity index (χ1v) is 7.83. The molecule has 3 aromatic heterocycles. The third-order valence-electron chi connectivity index (χ3n) is 3.85. The number of hydrogen-bond acceptors (Lipinski definition) is 6. The zero-order valence-electron chi connectivity index (χ0n) is 13.6. The van der Waals surface area contributed by atoms with E-state index in [2.05, 4.69) is 15.1 Å². The number of aliphatic hydroxyl groups is 1. The summed E-state index contributed by atoms with van der Waals surface area (Å²) in [6.45, 7) is 2.29. The maximum atomic E-state index is 9.14. The van der Waals surface area contributed by atoms with Gasteiger partial charge in [-0.05, 0) is 17.7 Å². The largest absolute Gasteiger partial charge is 0.455 e. The van der Waals surface area contributed by atoms with Gasteiger partial charge in [0.05, 0.1) is 0 Å². The van der Waals surface area contributed by atoms with E-state index in [1.165, 1.54) is 0 Å². The van der Waals surface area contributed by atoms with E-state index in [0.29, 0.717) is 29.8 Å². The lowest BCUT2D eigenvalue weighted by molar-refractivity contribution is 0.248. The van der Waals surface area contributed by atoms with Crippen molar-refractivity contribution in [3.05, 3.63) is 66.0 Å². The normalized spacial score (nSPS) is 11.1. The van der Waals surface area contributed by atoms with Crippen molar-refractivity contribution in [3.8, 4) is 23.0 Å². The summed E-state index contributed by atoms with van der Waals surface area (Å²) in [5.41, 5.74) is 2.02. The summed E-state index contributed by atoms with van der Waals surface area (Å²) >= 11 is 0. The molecule has 0 amide bonds. The van der Waals surface area contributed by atoms with Crippen LogP contribution in [0.5, 0.6) is 0 Å². The Kier molecular flexibility index (Phi) is 3.91. The molecule has 25 heavy (non-hydrogen) atoms. The number of hydrogen-bond donors (Lipinski definition) is 1. The van der Waals surface area contributed by atoms with Crippen molar-refractivity contribution in [2.24, 2.45) is 0 Å². The van der Waals surface area contributed by atoms with Gasteiger partial charge >= 0.3 is 0 Å². The van der Waals surface area contributed by atoms with Gasteiger partial charge in [0.15, 0.2) is 11.6 Å². The van der Waals surface area contributed by atoms with E-state index in [0.717, 1.165) is 17.0 Å². The molecule has 126 valence electrons. The van der Waals surface area contributed by atoms with Gasteiger partial charge in [0, 0.05) is 31.4 Å². The highest BCUT2D eigenvalue weighted by Gasteiger charge is 2.11. The van der Waals surface area contributed by atoms with Gasteiger partial charge in [-0.25, -0.2) is 4.98 Å². The highest BCUT2D eigenvalue weighted by molar-refractivity contribution is 5.55. The molecule has 7 heteroatoms. The van der Waals surface area contributed by atoms with Crippen molar-refractivity contribution >= 4 is 0 Å². The van der Waals surface area contributed by atoms with Crippen LogP contribution in [0.4, 0.5) is 0 Å². The lowest BCUT2D eigenvalue weighted by Crippen LogP contribution is -2.00. The summed E-state index contributed by atoms with van der Waals surface area (Å²) in [5.74, 6) is 3.00. The molecular formula is C18H16N4O3. The Labute approximate surface area is 143 Å². The average Bonchev–Trinajstić information content (AvgIpc) is 3.35. The molecule has 4 aromatic rings. The standard InChI is InChI=1S/C18H16N4O3/c1-12-20-17(21-25-12)14-4-2-13(3-5-14)10-22-9-8-19-18(22)16-7-6-15(11-23)24-16/h2-9,23H,10-11H2,1H3. The summed E-state index contributed by atoms with van der Waals surface area (Å²) in [7, 11) is 0. The average molecular weight is 336 g/mol. The molecule has 0 spiro atoms. The summed E-state index contributed by atoms with van der Waals surface area (Å²) in [6, 6.07) is 11.5. The fourth-order valence-electron chi connectivity index (χ4n) is 2.62. The molecule has 0 radical (unpaired) electrons. The SMILES string of the molecule is Cc1nc(-c2ccc(Cn3ccnc3-c3ccc(CO)o3)cc2)no1. The fraction of sp³-hybridized carbons (Fsp3) is 0.167. The lowest BCUT2D eigenvalue weighted by atomic mass is 10.1. The van der Waals surface area contributed by atoms with Crippen molar-refractivity contribution in [3.63, 3.8) is 0 Å². The van der Waals surface area contributed by atoms with Gasteiger partial charge in [0.25, 0.3) is 0 Å². The van der Waals surface area contributed by atoms with Crippen molar-refractivity contribution < 1.29 is 14.0 Å². The van der Waals surface area contributed by atoms with Crippen LogP contribution in [0.15, 0.2) is 57.7 Å². The number of rotatable bonds is 5. The first-order chi connectivity index (χ1) is 12.2. The van der Waals surface area contributed by atoms with Gasteiger partial charge in [-0.1, -0.05) is 29.4 Å². The molecule has 0 atom stereocenters. The molecule has 0 aliphatic heterocycles. The minimum absolute atomic E-state index is 0.127. The summed E-state index contributed by atoms with van der Waals surface area (Å²) in [4.78, 5) is 8.58. The molecule has 0 saturated carbocycles. The molecule has 0 saturated heterocycles. The topological polar surface area (TPSA) is 90.1 Å². The van der Waals surface area contributed by atoms with Crippen LogP contribution in [-0.2, 0) is 13.2 Å². The van der Waals surface area contributed by atoms with Gasteiger partial charge in [0.1, 0.15) is 12.4 Å². The summed E-state index contributed by atoms with van der Waals surface area (Å²) < 4.78 is 12.6. The van der Waals surface area contributed by atoms with Crippen LogP contribution in [0.25, 0.3) is 23.0 Å². The number of nitrogens with zero attached hydrogens (tertiary/aromatic N) is 4. The van der Waals surface area contributed by atoms with Crippen LogP contribution >= 0.6 is 0 Å². The summed E-state index contributed by atoms with van der Waals surface area (Å²) in [6.07, 6.45) is 3.62. The third-order valence-corrected chi connectivity index (χ3v) is 3.85. The predicted octanol–water partition coefficient (Wildman–Crippen LogP) is 3.04. The van der Waals surface area contributed by atoms with Crippen molar-refractivity contribution in [2.75, 3.05) is 0 Å². The minimum Gasteiger partial charge on any atom is -0.455 e. The number of aliphatic hydroxyl groups excluding tert-OH is 1. The van der Waals surface area contributed by atoms with Crippen LogP contribution in [0.1, 0.15) is 17.2 Å². The van der Waals surface area contributed by atoms with E-state index in [4.69, 9.17) is 14.0 Å². The zero-order valence-corrected chi connectivity index (χ0v) is 13.6. The van der Waals surface area contributed by atoms with E-state index in [-0.39, 0.29) is 6.61 Å². The molecule has 0 aliphatic carbocycles. The van der Waals surface area contributed by atoms with E-state index in [9.17, 15) is 0 Å². The van der Waals surface area contributed by atoms with Crippen molar-refractivity contribution in [1.82, 2.24) is 19.7 Å². The summed E-state index contributed by atoms with van der Waals surface area (Å²) in [5, 5.41) is 13.1. The minimum atomic E-state index is -0.127. The van der Waals surface area contributed by atoms with Gasteiger partial charge in [-0.3, -0.25) is 0 Å². The Morgan fingerprint density at radius 2 is 1.96 bits per heavy atom. The highest BCUT2D eigenvalue weighted by Crippen LogP contribution is 2.22. The van der Waals surface area contributed by atoms with Crippen LogP contribution < -0.4 is 0 Å². The smallest absolute Gasteiger partial charge is 0.223 e. The van der Waals surface area contributed by atoms with Gasteiger partial charge in [0.2, 0.25) is 11.7 Å². The second-order valence-electron chi connectivity index (χ2n) is 5.64. The Balaban J connectivity index is 1.56. The second-order valence-corrected chi connectivity index (χ2v) is 5.64. The van der Waals surface area contributed by atoms with Crippen molar-refractivity contribution in [1.29, 1.82) is 0 Å². The van der Waals surface area contributed by atoms with E-state index >= 15 is 0 Å². The fourth-order valence-corrected chi connectivity index (χ4v) is 2.62. The Bertz CT molecular complexity index is 982. The van der Waals surface area contributed by atoms with Crippen LogP contribution in [0.2, 0.25) is 0 Å². The van der Waals surface area contributed by atoms with E-state index in [1.807, 2.05) is 41.1 Å². The van der Waals surface area contributed by atoms with E-state index in [1.54, 1.807) is 19.2 Å². The van der Waals surface area contributed by atoms with Crippen molar-refractivity contribution in [2.45, 2.75) is 20.1 Å². The molecule has 0 aliphatic rings. The van der Waals surface area contributed by atoms with Gasteiger partial charge in [-0.15, -0.1) is 0 Å². The second kappa shape index (κ2) is 6.37. The predicted molar refractivity (Wildman–Crippen MR) is 89.4 cm³/mol. The van der Waals surface area contributed by atoms with E-state index < -0.39 is 0 Å². The molecule has 1 N–H and O–H groups in total. The lowest BCUT2D eigenvalue weighted by Gasteiger charge is -2.07. The number of furan rings is 1. The molecule has 0 bridgehead atoms. The quantitative estimate of drug-likeness (QED) is 0.602. The third kappa shape index (κ3) is 3.09. The van der Waals surface area contributed by atoms with Gasteiger partial charge in [-0.2, -0.15) is 4.98 Å². The van der Waals surface area contributed by atoms with Crippen LogP contribution in [0.3, 0.4) is 0 Å². The number of benzene rings is 1. The molecular weight excluding hydrogens is 320 g/mol. The number of imidazole rings is 1. The molecule has 3 heterocycles. The number of aromatic nitrogens is 4. The maximum absolute atomic E-state index is 9.14. The molecule has 0 unspecified atom stereocenters. The van der Waals surface area contributed by atoms with Gasteiger partial charge < -0.3 is 18.6 Å². The highest BCUT2D eigenvalue weighted by atomic mass is 16.5. The Morgan fingerprint density at radius 1 is 1.12 bits per heavy atom. The monoisotopic (exact) mass is 336 g/mol. The molecule has 0 fully saturated rings. The zero-order chi connectivity index (χ0) is 17.2. The maximum Gasteiger partial charge on any atom is 0.223 e. The molecule has 7 nitrogen and oxygen atoms in total. The molecule has 1 aromatic carbocycles. The van der Waals surface area contributed by atoms with Crippen LogP contribution in [0, 0.1) is 6.92 Å². The first kappa shape index (κ1) is 15.3.